The van der Waals surface area contributed by atoms with Gasteiger partial charge in [-0.05, 0) is 60.9 Å². The van der Waals surface area contributed by atoms with E-state index in [2.05, 4.69) is 31.0 Å². The fourth-order valence-electron chi connectivity index (χ4n) is 4.07. The van der Waals surface area contributed by atoms with Crippen LogP contribution in [0.2, 0.25) is 0 Å². The lowest BCUT2D eigenvalue weighted by molar-refractivity contribution is -0.137. The van der Waals surface area contributed by atoms with E-state index in [4.69, 9.17) is 5.73 Å². The Hall–Kier alpha value is -2.66. The van der Waals surface area contributed by atoms with Gasteiger partial charge < -0.3 is 16.0 Å². The van der Waals surface area contributed by atoms with Crippen LogP contribution < -0.4 is 11.1 Å². The maximum atomic E-state index is 13.2. The van der Waals surface area contributed by atoms with Crippen LogP contribution in [0, 0.1) is 5.41 Å². The van der Waals surface area contributed by atoms with E-state index in [1.54, 1.807) is 12.1 Å². The molecule has 2 aromatic rings. The molecule has 0 aliphatic heterocycles. The van der Waals surface area contributed by atoms with Gasteiger partial charge in [0.05, 0.1) is 0 Å². The predicted molar refractivity (Wildman–Crippen MR) is 126 cm³/mol. The number of hydrogen-bond acceptors (Lipinski definition) is 3. The van der Waals surface area contributed by atoms with Gasteiger partial charge in [-0.25, -0.2) is 0 Å². The van der Waals surface area contributed by atoms with Crippen molar-refractivity contribution >= 4 is 17.5 Å². The van der Waals surface area contributed by atoms with Gasteiger partial charge >= 0.3 is 0 Å². The van der Waals surface area contributed by atoms with Crippen LogP contribution in [-0.2, 0) is 11.3 Å². The highest BCUT2D eigenvalue weighted by Gasteiger charge is 2.30. The molecule has 0 atom stereocenters. The normalized spacial score (nSPS) is 19.0. The Morgan fingerprint density at radius 3 is 2.16 bits per heavy atom. The molecular formula is C26H35N3O2. The van der Waals surface area contributed by atoms with Gasteiger partial charge in [-0.3, -0.25) is 9.59 Å². The number of anilines is 1. The van der Waals surface area contributed by atoms with Gasteiger partial charge in [-0.2, -0.15) is 0 Å². The Bertz CT molecular complexity index is 864. The molecule has 5 nitrogen and oxygen atoms in total. The highest BCUT2D eigenvalue weighted by molar-refractivity contribution is 6.04. The highest BCUT2D eigenvalue weighted by atomic mass is 16.2. The summed E-state index contributed by atoms with van der Waals surface area (Å²) in [4.78, 5) is 27.6. The zero-order chi connectivity index (χ0) is 22.4. The summed E-state index contributed by atoms with van der Waals surface area (Å²) in [6.45, 7) is 6.89. The largest absolute Gasteiger partial charge is 0.335 e. The number of benzene rings is 2. The summed E-state index contributed by atoms with van der Waals surface area (Å²) in [6.07, 6.45) is 4.38. The van der Waals surface area contributed by atoms with Crippen molar-refractivity contribution in [3.05, 3.63) is 65.7 Å². The van der Waals surface area contributed by atoms with Crippen molar-refractivity contribution in [3.8, 4) is 0 Å². The summed E-state index contributed by atoms with van der Waals surface area (Å²) in [7, 11) is 0. The molecule has 1 saturated carbocycles. The molecule has 0 bridgehead atoms. The van der Waals surface area contributed by atoms with E-state index in [1.807, 2.05) is 42.5 Å². The molecule has 1 fully saturated rings. The van der Waals surface area contributed by atoms with E-state index >= 15 is 0 Å². The first-order valence-electron chi connectivity index (χ1n) is 11.2. The maximum absolute atomic E-state index is 13.2. The standard InChI is InChI=1S/C26H35N3O2/c1-26(2,3)17-24(30)29(23-15-11-21(27)12-16-23)18-19-9-13-22(14-10-19)28-25(31)20-7-5-4-6-8-20/h4-10,13-14,21,23H,11-12,15-18,27H2,1-3H3,(H,28,31). The van der Waals surface area contributed by atoms with Crippen molar-refractivity contribution < 1.29 is 9.59 Å². The number of hydrogen-bond donors (Lipinski definition) is 2. The number of carbonyl (C=O) groups is 2. The molecule has 0 spiro atoms. The molecule has 3 N–H and O–H groups in total. The minimum absolute atomic E-state index is 0.0496. The molecule has 2 amide bonds. The quantitative estimate of drug-likeness (QED) is 0.691. The fraction of sp³-hybridized carbons (Fsp3) is 0.462. The summed E-state index contributed by atoms with van der Waals surface area (Å²) in [5.41, 5.74) is 8.47. The molecule has 0 saturated heterocycles. The molecule has 1 aliphatic carbocycles. The second-order valence-corrected chi connectivity index (χ2v) is 9.84. The van der Waals surface area contributed by atoms with E-state index < -0.39 is 0 Å². The van der Waals surface area contributed by atoms with Crippen LogP contribution in [0.25, 0.3) is 0 Å². The zero-order valence-corrected chi connectivity index (χ0v) is 18.9. The van der Waals surface area contributed by atoms with Crippen molar-refractivity contribution in [2.45, 2.75) is 71.5 Å². The molecule has 3 rings (SSSR count). The number of carbonyl (C=O) groups excluding carboxylic acids is 2. The van der Waals surface area contributed by atoms with E-state index in [0.717, 1.165) is 36.9 Å². The summed E-state index contributed by atoms with van der Waals surface area (Å²) in [5, 5.41) is 2.93. The average Bonchev–Trinajstić information content (AvgIpc) is 2.73. The highest BCUT2D eigenvalue weighted by Crippen LogP contribution is 2.28. The first-order chi connectivity index (χ1) is 14.7. The van der Waals surface area contributed by atoms with E-state index in [0.29, 0.717) is 18.5 Å². The van der Waals surface area contributed by atoms with Gasteiger partial charge in [0.1, 0.15) is 0 Å². The second kappa shape index (κ2) is 10.1. The number of nitrogens with zero attached hydrogens (tertiary/aromatic N) is 1. The van der Waals surface area contributed by atoms with Crippen LogP contribution in [0.1, 0.15) is 68.8 Å². The van der Waals surface area contributed by atoms with Gasteiger partial charge in [-0.1, -0.05) is 51.1 Å². The number of nitrogens with one attached hydrogen (secondary N) is 1. The van der Waals surface area contributed by atoms with Crippen molar-refractivity contribution in [3.63, 3.8) is 0 Å². The number of amides is 2. The van der Waals surface area contributed by atoms with E-state index in [9.17, 15) is 9.59 Å². The van der Waals surface area contributed by atoms with E-state index in [1.165, 1.54) is 0 Å². The van der Waals surface area contributed by atoms with Gasteiger partial charge in [0, 0.05) is 36.3 Å². The van der Waals surface area contributed by atoms with Crippen molar-refractivity contribution in [2.75, 3.05) is 5.32 Å². The molecule has 2 aromatic carbocycles. The Morgan fingerprint density at radius 1 is 0.968 bits per heavy atom. The molecule has 1 aliphatic rings. The van der Waals surface area contributed by atoms with Gasteiger partial charge in [0.2, 0.25) is 5.91 Å². The van der Waals surface area contributed by atoms with Crippen LogP contribution in [0.4, 0.5) is 5.69 Å². The van der Waals surface area contributed by atoms with Crippen LogP contribution in [0.3, 0.4) is 0 Å². The molecule has 0 aromatic heterocycles. The first-order valence-corrected chi connectivity index (χ1v) is 11.2. The van der Waals surface area contributed by atoms with Crippen molar-refractivity contribution in [2.24, 2.45) is 11.1 Å². The second-order valence-electron chi connectivity index (χ2n) is 9.84. The van der Waals surface area contributed by atoms with Crippen LogP contribution in [0.15, 0.2) is 54.6 Å². The Balaban J connectivity index is 1.68. The molecule has 0 heterocycles. The lowest BCUT2D eigenvalue weighted by Crippen LogP contribution is -2.44. The molecule has 166 valence electrons. The molecule has 31 heavy (non-hydrogen) atoms. The monoisotopic (exact) mass is 421 g/mol. The maximum Gasteiger partial charge on any atom is 0.255 e. The molecule has 0 radical (unpaired) electrons. The summed E-state index contributed by atoms with van der Waals surface area (Å²) < 4.78 is 0. The molecule has 0 unspecified atom stereocenters. The Morgan fingerprint density at radius 2 is 1.58 bits per heavy atom. The number of rotatable bonds is 6. The Labute approximate surface area is 186 Å². The van der Waals surface area contributed by atoms with Gasteiger partial charge in [0.25, 0.3) is 5.91 Å². The summed E-state index contributed by atoms with van der Waals surface area (Å²) in [5.74, 6) is 0.0725. The van der Waals surface area contributed by atoms with Gasteiger partial charge in [-0.15, -0.1) is 0 Å². The van der Waals surface area contributed by atoms with Gasteiger partial charge in [0.15, 0.2) is 0 Å². The summed E-state index contributed by atoms with van der Waals surface area (Å²) in [6, 6.07) is 17.4. The molecule has 5 heteroatoms. The van der Waals surface area contributed by atoms with E-state index in [-0.39, 0.29) is 29.3 Å². The Kier molecular flexibility index (Phi) is 7.50. The third kappa shape index (κ3) is 6.93. The summed E-state index contributed by atoms with van der Waals surface area (Å²) >= 11 is 0. The third-order valence-electron chi connectivity index (χ3n) is 5.78. The molecular weight excluding hydrogens is 386 g/mol. The smallest absolute Gasteiger partial charge is 0.255 e. The van der Waals surface area contributed by atoms with Crippen LogP contribution >= 0.6 is 0 Å². The van der Waals surface area contributed by atoms with Crippen molar-refractivity contribution in [1.82, 2.24) is 4.90 Å². The first kappa shape index (κ1) is 23.0. The van der Waals surface area contributed by atoms with Crippen LogP contribution in [-0.4, -0.2) is 28.8 Å². The minimum atomic E-state index is -0.131. The topological polar surface area (TPSA) is 75.4 Å². The lowest BCUT2D eigenvalue weighted by atomic mass is 9.88. The number of nitrogens with two attached hydrogens (primary N) is 1. The third-order valence-corrected chi connectivity index (χ3v) is 5.78. The SMILES string of the molecule is CC(C)(C)CC(=O)N(Cc1ccc(NC(=O)c2ccccc2)cc1)C1CCC(N)CC1. The van der Waals surface area contributed by atoms with Crippen molar-refractivity contribution in [1.29, 1.82) is 0 Å². The fourth-order valence-corrected chi connectivity index (χ4v) is 4.07. The average molecular weight is 422 g/mol. The minimum Gasteiger partial charge on any atom is -0.335 e. The van der Waals surface area contributed by atoms with Crippen LogP contribution in [0.5, 0.6) is 0 Å². The zero-order valence-electron chi connectivity index (χ0n) is 18.9. The lowest BCUT2D eigenvalue weighted by Gasteiger charge is -2.37. The predicted octanol–water partition coefficient (Wildman–Crippen LogP) is 4.97.